The van der Waals surface area contributed by atoms with E-state index in [4.69, 9.17) is 16.3 Å². The van der Waals surface area contributed by atoms with Gasteiger partial charge in [-0.25, -0.2) is 0 Å². The molecule has 1 fully saturated rings. The van der Waals surface area contributed by atoms with Crippen molar-refractivity contribution in [2.75, 3.05) is 5.32 Å². The van der Waals surface area contributed by atoms with E-state index in [0.29, 0.717) is 17.1 Å². The predicted molar refractivity (Wildman–Crippen MR) is 65.3 cm³/mol. The molecule has 0 aromatic heterocycles. The van der Waals surface area contributed by atoms with Gasteiger partial charge in [0.25, 0.3) is 5.91 Å². The van der Waals surface area contributed by atoms with Gasteiger partial charge < -0.3 is 15.2 Å². The molecule has 2 unspecified atom stereocenters. The van der Waals surface area contributed by atoms with Crippen LogP contribution in [0, 0.1) is 0 Å². The van der Waals surface area contributed by atoms with Crippen LogP contribution >= 0.6 is 11.6 Å². The predicted octanol–water partition coefficient (Wildman–Crippen LogP) is 2.55. The third-order valence-electron chi connectivity index (χ3n) is 2.74. The fourth-order valence-corrected chi connectivity index (χ4v) is 1.99. The van der Waals surface area contributed by atoms with Gasteiger partial charge in [0.05, 0.1) is 11.8 Å². The summed E-state index contributed by atoms with van der Waals surface area (Å²) < 4.78 is 5.44. The number of carbonyl (C=O) groups excluding carboxylic acids is 1. The number of halogens is 1. The van der Waals surface area contributed by atoms with E-state index >= 15 is 0 Å². The number of rotatable bonds is 2. The fraction of sp³-hybridized carbons (Fsp3) is 0.417. The number of phenolic OH excluding ortho intramolecular Hbond substituents is 1. The molecule has 2 rings (SSSR count). The zero-order chi connectivity index (χ0) is 12.4. The Hall–Kier alpha value is -1.26. The zero-order valence-corrected chi connectivity index (χ0v) is 10.2. The third kappa shape index (κ3) is 2.90. The number of phenols is 1. The number of ether oxygens (including phenoxy) is 1. The van der Waals surface area contributed by atoms with E-state index in [-0.39, 0.29) is 17.8 Å². The number of hydrogen-bond acceptors (Lipinski definition) is 3. The lowest BCUT2D eigenvalue weighted by Gasteiger charge is -2.12. The molecular weight excluding hydrogens is 242 g/mol. The van der Waals surface area contributed by atoms with E-state index in [1.54, 1.807) is 12.1 Å². The first-order chi connectivity index (χ1) is 8.06. The number of aromatic hydroxyl groups is 1. The summed E-state index contributed by atoms with van der Waals surface area (Å²) in [7, 11) is 0. The lowest BCUT2D eigenvalue weighted by atomic mass is 10.2. The Bertz CT molecular complexity index is 436. The highest BCUT2D eigenvalue weighted by Crippen LogP contribution is 2.28. The monoisotopic (exact) mass is 255 g/mol. The van der Waals surface area contributed by atoms with Gasteiger partial charge in [0.2, 0.25) is 0 Å². The smallest absolute Gasteiger partial charge is 0.253 e. The molecule has 5 heteroatoms. The summed E-state index contributed by atoms with van der Waals surface area (Å²) >= 11 is 5.70. The molecule has 1 aromatic carbocycles. The number of carbonyl (C=O) groups is 1. The second kappa shape index (κ2) is 4.94. The normalized spacial score (nSPS) is 23.6. The van der Waals surface area contributed by atoms with Crippen LogP contribution < -0.4 is 5.32 Å². The van der Waals surface area contributed by atoms with E-state index in [1.165, 1.54) is 6.07 Å². The molecule has 1 amide bonds. The molecule has 92 valence electrons. The molecular formula is C12H14ClNO3. The Morgan fingerprint density at radius 2 is 2.29 bits per heavy atom. The first kappa shape index (κ1) is 12.2. The molecule has 1 heterocycles. The highest BCUT2D eigenvalue weighted by molar-refractivity contribution is 6.30. The van der Waals surface area contributed by atoms with Crippen LogP contribution in [0.5, 0.6) is 5.75 Å². The lowest BCUT2D eigenvalue weighted by Crippen LogP contribution is -2.27. The lowest BCUT2D eigenvalue weighted by molar-refractivity contribution is -0.126. The highest BCUT2D eigenvalue weighted by atomic mass is 35.5. The minimum atomic E-state index is -0.430. The molecule has 2 N–H and O–H groups in total. The van der Waals surface area contributed by atoms with Crippen LogP contribution in [0.15, 0.2) is 18.2 Å². The Kier molecular flexibility index (Phi) is 3.54. The summed E-state index contributed by atoms with van der Waals surface area (Å²) in [6, 6.07) is 4.55. The SMILES string of the molecule is CC1CCC(C(=O)Nc2ccc(Cl)cc2O)O1. The average Bonchev–Trinajstić information content (AvgIpc) is 2.69. The number of nitrogens with one attached hydrogen (secondary N) is 1. The van der Waals surface area contributed by atoms with Crippen LogP contribution in [0.25, 0.3) is 0 Å². The van der Waals surface area contributed by atoms with Crippen LogP contribution in [0.2, 0.25) is 5.02 Å². The number of benzene rings is 1. The zero-order valence-electron chi connectivity index (χ0n) is 9.44. The summed E-state index contributed by atoms with van der Waals surface area (Å²) in [6.07, 6.45) is 1.27. The van der Waals surface area contributed by atoms with Crippen LogP contribution in [0.3, 0.4) is 0 Å². The van der Waals surface area contributed by atoms with Crippen LogP contribution in [-0.4, -0.2) is 23.2 Å². The Labute approximate surface area is 105 Å². The van der Waals surface area contributed by atoms with E-state index < -0.39 is 6.10 Å². The quantitative estimate of drug-likeness (QED) is 0.799. The van der Waals surface area contributed by atoms with E-state index in [1.807, 2.05) is 6.92 Å². The maximum atomic E-state index is 11.8. The van der Waals surface area contributed by atoms with Gasteiger partial charge >= 0.3 is 0 Å². The standard InChI is InChI=1S/C12H14ClNO3/c1-7-2-5-11(17-7)12(16)14-9-4-3-8(13)6-10(9)15/h3-4,6-7,11,15H,2,5H2,1H3,(H,14,16). The minimum absolute atomic E-state index is 0.0445. The maximum absolute atomic E-state index is 11.8. The van der Waals surface area contributed by atoms with Crippen molar-refractivity contribution in [3.8, 4) is 5.75 Å². The summed E-state index contributed by atoms with van der Waals surface area (Å²) in [5.74, 6) is -0.274. The maximum Gasteiger partial charge on any atom is 0.253 e. The average molecular weight is 256 g/mol. The van der Waals surface area contributed by atoms with Gasteiger partial charge in [0, 0.05) is 11.1 Å². The molecule has 0 bridgehead atoms. The van der Waals surface area contributed by atoms with Crippen molar-refractivity contribution in [1.82, 2.24) is 0 Å². The molecule has 1 aromatic rings. The van der Waals surface area contributed by atoms with Crippen molar-refractivity contribution in [2.45, 2.75) is 32.0 Å². The molecule has 4 nitrogen and oxygen atoms in total. The summed E-state index contributed by atoms with van der Waals surface area (Å²) in [5, 5.41) is 12.6. The molecule has 0 radical (unpaired) electrons. The largest absolute Gasteiger partial charge is 0.506 e. The molecule has 2 atom stereocenters. The third-order valence-corrected chi connectivity index (χ3v) is 2.98. The van der Waals surface area contributed by atoms with Gasteiger partial charge in [0.1, 0.15) is 11.9 Å². The molecule has 17 heavy (non-hydrogen) atoms. The Morgan fingerprint density at radius 3 is 2.88 bits per heavy atom. The Balaban J connectivity index is 2.03. The molecule has 0 spiro atoms. The number of hydrogen-bond donors (Lipinski definition) is 2. The summed E-state index contributed by atoms with van der Waals surface area (Å²) in [4.78, 5) is 11.8. The second-order valence-corrected chi connectivity index (χ2v) is 4.60. The van der Waals surface area contributed by atoms with Crippen molar-refractivity contribution < 1.29 is 14.6 Å². The van der Waals surface area contributed by atoms with E-state index in [9.17, 15) is 9.90 Å². The first-order valence-corrected chi connectivity index (χ1v) is 5.89. The molecule has 1 aliphatic heterocycles. The van der Waals surface area contributed by atoms with E-state index in [2.05, 4.69) is 5.32 Å². The van der Waals surface area contributed by atoms with Crippen LogP contribution in [0.4, 0.5) is 5.69 Å². The van der Waals surface area contributed by atoms with Gasteiger partial charge in [-0.05, 0) is 31.9 Å². The molecule has 0 saturated carbocycles. The van der Waals surface area contributed by atoms with Crippen molar-refractivity contribution in [2.24, 2.45) is 0 Å². The fourth-order valence-electron chi connectivity index (χ4n) is 1.82. The van der Waals surface area contributed by atoms with Crippen molar-refractivity contribution in [1.29, 1.82) is 0 Å². The van der Waals surface area contributed by atoms with Crippen LogP contribution in [-0.2, 0) is 9.53 Å². The van der Waals surface area contributed by atoms with Crippen molar-refractivity contribution in [3.63, 3.8) is 0 Å². The topological polar surface area (TPSA) is 58.6 Å². The second-order valence-electron chi connectivity index (χ2n) is 4.16. The van der Waals surface area contributed by atoms with Crippen LogP contribution in [0.1, 0.15) is 19.8 Å². The molecule has 1 saturated heterocycles. The van der Waals surface area contributed by atoms with Gasteiger partial charge in [-0.3, -0.25) is 4.79 Å². The molecule has 0 aliphatic carbocycles. The van der Waals surface area contributed by atoms with Gasteiger partial charge in [0.15, 0.2) is 0 Å². The van der Waals surface area contributed by atoms with E-state index in [0.717, 1.165) is 6.42 Å². The first-order valence-electron chi connectivity index (χ1n) is 5.51. The van der Waals surface area contributed by atoms with Crippen molar-refractivity contribution in [3.05, 3.63) is 23.2 Å². The number of amides is 1. The highest BCUT2D eigenvalue weighted by Gasteiger charge is 2.28. The van der Waals surface area contributed by atoms with Gasteiger partial charge in [-0.2, -0.15) is 0 Å². The molecule has 1 aliphatic rings. The summed E-state index contributed by atoms with van der Waals surface area (Å²) in [5.41, 5.74) is 0.350. The van der Waals surface area contributed by atoms with Crippen molar-refractivity contribution >= 4 is 23.2 Å². The number of anilines is 1. The Morgan fingerprint density at radius 1 is 1.53 bits per heavy atom. The van der Waals surface area contributed by atoms with Gasteiger partial charge in [-0.1, -0.05) is 11.6 Å². The van der Waals surface area contributed by atoms with Gasteiger partial charge in [-0.15, -0.1) is 0 Å². The summed E-state index contributed by atoms with van der Waals surface area (Å²) in [6.45, 7) is 1.94. The minimum Gasteiger partial charge on any atom is -0.506 e.